The molecular formula is C16H14F6N2O. The van der Waals surface area contributed by atoms with Gasteiger partial charge in [-0.1, -0.05) is 18.2 Å². The number of aromatic nitrogens is 1. The molecule has 0 spiro atoms. The molecule has 0 saturated carbocycles. The summed E-state index contributed by atoms with van der Waals surface area (Å²) >= 11 is 0. The maximum atomic E-state index is 12.4. The van der Waals surface area contributed by atoms with Gasteiger partial charge in [-0.2, -0.15) is 13.2 Å². The lowest BCUT2D eigenvalue weighted by Gasteiger charge is -2.10. The first-order valence-electron chi connectivity index (χ1n) is 7.21. The molecule has 1 N–H and O–H groups in total. The molecule has 0 atom stereocenters. The Balaban J connectivity index is 1.76. The van der Waals surface area contributed by atoms with E-state index >= 15 is 0 Å². The molecule has 9 heteroatoms. The molecule has 0 amide bonds. The standard InChI is InChI=1S/C16H14F6N2O/c17-15(18,19)14-6-3-12(10-24-14)9-23-8-7-11-1-4-13(5-2-11)25-16(20,21)22/h1-6,10,23H,7-9H2. The Labute approximate surface area is 139 Å². The van der Waals surface area contributed by atoms with Crippen molar-refractivity contribution >= 4 is 0 Å². The zero-order valence-corrected chi connectivity index (χ0v) is 12.8. The summed E-state index contributed by atoms with van der Waals surface area (Å²) in [5, 5.41) is 3.03. The van der Waals surface area contributed by atoms with Crippen molar-refractivity contribution in [3.05, 3.63) is 59.4 Å². The summed E-state index contributed by atoms with van der Waals surface area (Å²) in [5.41, 5.74) is 0.451. The van der Waals surface area contributed by atoms with E-state index in [1.54, 1.807) is 0 Å². The SMILES string of the molecule is FC(F)(F)Oc1ccc(CCNCc2ccc(C(F)(F)F)nc2)cc1. The van der Waals surface area contributed by atoms with Crippen LogP contribution in [0.15, 0.2) is 42.6 Å². The summed E-state index contributed by atoms with van der Waals surface area (Å²) in [6.45, 7) is 0.834. The highest BCUT2D eigenvalue weighted by Crippen LogP contribution is 2.27. The third-order valence-corrected chi connectivity index (χ3v) is 3.19. The Hall–Kier alpha value is -2.29. The van der Waals surface area contributed by atoms with Crippen LogP contribution in [-0.4, -0.2) is 17.9 Å². The summed E-state index contributed by atoms with van der Waals surface area (Å²) in [7, 11) is 0. The van der Waals surface area contributed by atoms with Crippen LogP contribution < -0.4 is 10.1 Å². The number of nitrogens with zero attached hydrogens (tertiary/aromatic N) is 1. The van der Waals surface area contributed by atoms with E-state index in [0.717, 1.165) is 17.8 Å². The molecule has 1 aromatic heterocycles. The van der Waals surface area contributed by atoms with Gasteiger partial charge in [0, 0.05) is 12.7 Å². The van der Waals surface area contributed by atoms with Gasteiger partial charge in [-0.05, 0) is 42.3 Å². The molecule has 0 radical (unpaired) electrons. The van der Waals surface area contributed by atoms with Gasteiger partial charge in [0.15, 0.2) is 0 Å². The zero-order chi connectivity index (χ0) is 18.5. The molecule has 0 aliphatic rings. The molecule has 0 aliphatic heterocycles. The zero-order valence-electron chi connectivity index (χ0n) is 12.8. The van der Waals surface area contributed by atoms with Crippen LogP contribution in [0.1, 0.15) is 16.8 Å². The van der Waals surface area contributed by atoms with Gasteiger partial charge in [0.1, 0.15) is 11.4 Å². The molecule has 136 valence electrons. The highest BCUT2D eigenvalue weighted by molar-refractivity contribution is 5.27. The molecule has 0 saturated heterocycles. The minimum Gasteiger partial charge on any atom is -0.406 e. The fourth-order valence-electron chi connectivity index (χ4n) is 2.02. The van der Waals surface area contributed by atoms with Gasteiger partial charge in [0.25, 0.3) is 0 Å². The Morgan fingerprint density at radius 3 is 2.04 bits per heavy atom. The maximum absolute atomic E-state index is 12.4. The number of nitrogens with one attached hydrogen (secondary N) is 1. The van der Waals surface area contributed by atoms with E-state index in [9.17, 15) is 26.3 Å². The topological polar surface area (TPSA) is 34.1 Å². The number of hydrogen-bond donors (Lipinski definition) is 1. The van der Waals surface area contributed by atoms with Gasteiger partial charge in [-0.25, -0.2) is 0 Å². The highest BCUT2D eigenvalue weighted by atomic mass is 19.4. The van der Waals surface area contributed by atoms with E-state index in [-0.39, 0.29) is 5.75 Å². The van der Waals surface area contributed by atoms with Crippen LogP contribution in [0.5, 0.6) is 5.75 Å². The lowest BCUT2D eigenvalue weighted by atomic mass is 10.1. The van der Waals surface area contributed by atoms with E-state index in [0.29, 0.717) is 25.1 Å². The van der Waals surface area contributed by atoms with Crippen molar-refractivity contribution in [2.75, 3.05) is 6.54 Å². The molecular weight excluding hydrogens is 350 g/mol. The number of halogens is 6. The first-order valence-corrected chi connectivity index (χ1v) is 7.21. The molecule has 2 aromatic rings. The van der Waals surface area contributed by atoms with Gasteiger partial charge in [0.2, 0.25) is 0 Å². The summed E-state index contributed by atoms with van der Waals surface area (Å²) in [6.07, 6.45) is -7.49. The quantitative estimate of drug-likeness (QED) is 0.612. The van der Waals surface area contributed by atoms with Crippen molar-refractivity contribution in [1.82, 2.24) is 10.3 Å². The normalized spacial score (nSPS) is 12.2. The average molecular weight is 364 g/mol. The lowest BCUT2D eigenvalue weighted by Crippen LogP contribution is -2.18. The van der Waals surface area contributed by atoms with Crippen molar-refractivity contribution in [3.63, 3.8) is 0 Å². The molecule has 3 nitrogen and oxygen atoms in total. The molecule has 1 heterocycles. The van der Waals surface area contributed by atoms with Gasteiger partial charge in [0.05, 0.1) is 0 Å². The average Bonchev–Trinajstić information content (AvgIpc) is 2.51. The smallest absolute Gasteiger partial charge is 0.406 e. The molecule has 0 aliphatic carbocycles. The molecule has 25 heavy (non-hydrogen) atoms. The van der Waals surface area contributed by atoms with E-state index in [1.807, 2.05) is 0 Å². The van der Waals surface area contributed by atoms with E-state index < -0.39 is 18.2 Å². The second-order valence-corrected chi connectivity index (χ2v) is 5.17. The Morgan fingerprint density at radius 1 is 0.880 bits per heavy atom. The van der Waals surface area contributed by atoms with Gasteiger partial charge >= 0.3 is 12.5 Å². The van der Waals surface area contributed by atoms with Crippen LogP contribution in [0.2, 0.25) is 0 Å². The van der Waals surface area contributed by atoms with E-state index in [4.69, 9.17) is 0 Å². The summed E-state index contributed by atoms with van der Waals surface area (Å²) in [5.74, 6) is -0.292. The molecule has 1 aromatic carbocycles. The molecule has 2 rings (SSSR count). The fourth-order valence-corrected chi connectivity index (χ4v) is 2.02. The first-order chi connectivity index (χ1) is 11.6. The predicted octanol–water partition coefficient (Wildman–Crippen LogP) is 4.33. The van der Waals surface area contributed by atoms with Gasteiger partial charge in [-0.15, -0.1) is 13.2 Å². The summed E-state index contributed by atoms with van der Waals surface area (Å²) in [4.78, 5) is 3.35. The number of hydrogen-bond acceptors (Lipinski definition) is 3. The second-order valence-electron chi connectivity index (χ2n) is 5.17. The minimum atomic E-state index is -4.72. The predicted molar refractivity (Wildman–Crippen MR) is 77.8 cm³/mol. The second kappa shape index (κ2) is 7.73. The van der Waals surface area contributed by atoms with E-state index in [1.165, 1.54) is 30.3 Å². The van der Waals surface area contributed by atoms with Crippen molar-refractivity contribution in [2.45, 2.75) is 25.5 Å². The first kappa shape index (κ1) is 19.0. The number of rotatable bonds is 6. The third kappa shape index (κ3) is 6.61. The van der Waals surface area contributed by atoms with Crippen molar-refractivity contribution in [2.24, 2.45) is 0 Å². The number of benzene rings is 1. The number of ether oxygens (including phenoxy) is 1. The van der Waals surface area contributed by atoms with Crippen LogP contribution >= 0.6 is 0 Å². The maximum Gasteiger partial charge on any atom is 0.573 e. The highest BCUT2D eigenvalue weighted by Gasteiger charge is 2.32. The number of pyridine rings is 1. The Bertz CT molecular complexity index is 665. The van der Waals surface area contributed by atoms with Gasteiger partial charge in [-0.3, -0.25) is 4.98 Å². The molecule has 0 fully saturated rings. The lowest BCUT2D eigenvalue weighted by molar-refractivity contribution is -0.274. The fraction of sp³-hybridized carbons (Fsp3) is 0.312. The summed E-state index contributed by atoms with van der Waals surface area (Å²) < 4.78 is 77.0. The van der Waals surface area contributed by atoms with Crippen molar-refractivity contribution < 1.29 is 31.1 Å². The Morgan fingerprint density at radius 2 is 1.52 bits per heavy atom. The van der Waals surface area contributed by atoms with Crippen LogP contribution in [0.25, 0.3) is 0 Å². The molecule has 0 bridgehead atoms. The molecule has 0 unspecified atom stereocenters. The summed E-state index contributed by atoms with van der Waals surface area (Å²) in [6, 6.07) is 7.73. The monoisotopic (exact) mass is 364 g/mol. The van der Waals surface area contributed by atoms with Gasteiger partial charge < -0.3 is 10.1 Å². The minimum absolute atomic E-state index is 0.292. The van der Waals surface area contributed by atoms with Crippen molar-refractivity contribution in [1.29, 1.82) is 0 Å². The van der Waals surface area contributed by atoms with E-state index in [2.05, 4.69) is 15.0 Å². The van der Waals surface area contributed by atoms with Crippen LogP contribution in [0.4, 0.5) is 26.3 Å². The third-order valence-electron chi connectivity index (χ3n) is 3.19. The van der Waals surface area contributed by atoms with Crippen molar-refractivity contribution in [3.8, 4) is 5.75 Å². The number of alkyl halides is 6. The largest absolute Gasteiger partial charge is 0.573 e. The van der Waals surface area contributed by atoms with Crippen LogP contribution in [-0.2, 0) is 19.1 Å². The van der Waals surface area contributed by atoms with Crippen LogP contribution in [0.3, 0.4) is 0 Å². The van der Waals surface area contributed by atoms with Crippen LogP contribution in [0, 0.1) is 0 Å². The Kier molecular flexibility index (Phi) is 5.89.